The molecule has 0 aliphatic rings. The molecule has 0 aliphatic heterocycles. The molecule has 0 aromatic carbocycles. The fourth-order valence-corrected chi connectivity index (χ4v) is 1.02. The van der Waals surface area contributed by atoms with Gasteiger partial charge in [0.25, 0.3) is 6.43 Å². The number of aromatic nitrogens is 5. The van der Waals surface area contributed by atoms with Gasteiger partial charge in [-0.25, -0.2) is 13.8 Å². The smallest absolute Gasteiger partial charge is 0.264 e. The van der Waals surface area contributed by atoms with E-state index in [1.54, 1.807) is 0 Å². The third kappa shape index (κ3) is 2.19. The monoisotopic (exact) mass is 231 g/mol. The number of H-pyrrole nitrogens is 1. The summed E-state index contributed by atoms with van der Waals surface area (Å²) in [5.41, 5.74) is 0. The van der Waals surface area contributed by atoms with E-state index in [4.69, 9.17) is 5.11 Å². The zero-order valence-electron chi connectivity index (χ0n) is 7.84. The van der Waals surface area contributed by atoms with Gasteiger partial charge in [-0.1, -0.05) is 5.16 Å². The molecule has 0 saturated heterocycles. The number of nitrogens with zero attached hydrogens (tertiary/aromatic N) is 4. The Bertz CT molecular complexity index is 443. The highest BCUT2D eigenvalue weighted by Crippen LogP contribution is 2.12. The van der Waals surface area contributed by atoms with Crippen LogP contribution in [0.3, 0.4) is 0 Å². The van der Waals surface area contributed by atoms with Crippen LogP contribution in [0.4, 0.5) is 8.78 Å². The molecule has 0 saturated carbocycles. The van der Waals surface area contributed by atoms with E-state index in [1.807, 2.05) is 0 Å². The number of aliphatic hydroxyl groups is 1. The van der Waals surface area contributed by atoms with Gasteiger partial charge in [0.15, 0.2) is 5.82 Å². The number of halogens is 2. The maximum absolute atomic E-state index is 12.0. The molecular weight excluding hydrogens is 224 g/mol. The van der Waals surface area contributed by atoms with E-state index in [1.165, 1.54) is 6.33 Å². The van der Waals surface area contributed by atoms with Crippen molar-refractivity contribution in [3.63, 3.8) is 0 Å². The Labute approximate surface area is 87.5 Å². The van der Waals surface area contributed by atoms with E-state index >= 15 is 0 Å². The quantitative estimate of drug-likeness (QED) is 0.769. The molecule has 0 aliphatic carbocycles. The van der Waals surface area contributed by atoms with Crippen LogP contribution in [0, 0.1) is 0 Å². The molecule has 2 aromatic rings. The number of hydrogen-bond donors (Lipinski definition) is 2. The summed E-state index contributed by atoms with van der Waals surface area (Å²) in [6.07, 6.45) is -3.82. The first-order valence-electron chi connectivity index (χ1n) is 4.31. The zero-order chi connectivity index (χ0) is 11.5. The highest BCUT2D eigenvalue weighted by atomic mass is 19.3. The minimum absolute atomic E-state index is 0.0841. The molecule has 2 aromatic heterocycles. The lowest BCUT2D eigenvalue weighted by atomic mass is 10.2. The lowest BCUT2D eigenvalue weighted by molar-refractivity contribution is -0.00754. The molecule has 0 spiro atoms. The van der Waals surface area contributed by atoms with Crippen molar-refractivity contribution in [3.8, 4) is 11.6 Å². The fraction of sp³-hybridized carbons (Fsp3) is 0.429. The van der Waals surface area contributed by atoms with E-state index in [2.05, 4.69) is 29.8 Å². The largest absolute Gasteiger partial charge is 0.387 e. The van der Waals surface area contributed by atoms with Gasteiger partial charge in [-0.05, 0) is 0 Å². The van der Waals surface area contributed by atoms with Crippen LogP contribution >= 0.6 is 0 Å². The average molecular weight is 231 g/mol. The summed E-state index contributed by atoms with van der Waals surface area (Å²) in [5, 5.41) is 18.5. The molecule has 16 heavy (non-hydrogen) atoms. The average Bonchev–Trinajstić information content (AvgIpc) is 2.85. The predicted molar refractivity (Wildman–Crippen MR) is 45.4 cm³/mol. The highest BCUT2D eigenvalue weighted by molar-refractivity contribution is 5.39. The normalized spacial score (nSPS) is 13.2. The Balaban J connectivity index is 2.08. The van der Waals surface area contributed by atoms with Crippen LogP contribution < -0.4 is 0 Å². The van der Waals surface area contributed by atoms with Crippen LogP contribution in [0.25, 0.3) is 11.6 Å². The van der Waals surface area contributed by atoms with Crippen molar-refractivity contribution in [2.45, 2.75) is 19.0 Å². The van der Waals surface area contributed by atoms with Crippen LogP contribution in [0.1, 0.15) is 5.89 Å². The van der Waals surface area contributed by atoms with Crippen molar-refractivity contribution in [1.82, 2.24) is 25.3 Å². The Hall–Kier alpha value is -1.90. The molecule has 0 radical (unpaired) electrons. The second-order valence-corrected chi connectivity index (χ2v) is 2.95. The summed E-state index contributed by atoms with van der Waals surface area (Å²) in [6.45, 7) is 0. The van der Waals surface area contributed by atoms with Crippen molar-refractivity contribution >= 4 is 0 Å². The van der Waals surface area contributed by atoms with Crippen LogP contribution in [0.5, 0.6) is 0 Å². The minimum atomic E-state index is -2.85. The van der Waals surface area contributed by atoms with Crippen molar-refractivity contribution in [1.29, 1.82) is 0 Å². The number of aliphatic hydroxyl groups excluding tert-OH is 1. The van der Waals surface area contributed by atoms with Crippen LogP contribution in [-0.4, -0.2) is 43.0 Å². The Morgan fingerprint density at radius 2 is 2.31 bits per heavy atom. The Kier molecular flexibility index (Phi) is 2.86. The van der Waals surface area contributed by atoms with E-state index in [0.29, 0.717) is 0 Å². The standard InChI is InChI=1S/C7H7F2N5O2/c8-5(9)3(15)1-4-12-7(14-16-4)6-10-2-11-13-6/h2-3,5,15H,1H2,(H,10,11,13). The molecule has 1 unspecified atom stereocenters. The number of rotatable bonds is 4. The third-order valence-electron chi connectivity index (χ3n) is 1.77. The minimum Gasteiger partial charge on any atom is -0.387 e. The van der Waals surface area contributed by atoms with Gasteiger partial charge in [-0.3, -0.25) is 5.10 Å². The molecule has 7 nitrogen and oxygen atoms in total. The van der Waals surface area contributed by atoms with E-state index < -0.39 is 19.0 Å². The maximum atomic E-state index is 12.0. The summed E-state index contributed by atoms with van der Waals surface area (Å²) < 4.78 is 28.7. The molecule has 86 valence electrons. The zero-order valence-corrected chi connectivity index (χ0v) is 7.84. The fourth-order valence-electron chi connectivity index (χ4n) is 1.02. The van der Waals surface area contributed by atoms with Gasteiger partial charge in [0.05, 0.1) is 6.42 Å². The Morgan fingerprint density at radius 3 is 2.94 bits per heavy atom. The van der Waals surface area contributed by atoms with Gasteiger partial charge in [-0.2, -0.15) is 10.1 Å². The summed E-state index contributed by atoms with van der Waals surface area (Å²) in [5.74, 6) is 0.287. The van der Waals surface area contributed by atoms with Gasteiger partial charge in [-0.15, -0.1) is 0 Å². The molecular formula is C7H7F2N5O2. The maximum Gasteiger partial charge on any atom is 0.264 e. The van der Waals surface area contributed by atoms with Gasteiger partial charge in [0, 0.05) is 0 Å². The van der Waals surface area contributed by atoms with Crippen LogP contribution in [0.2, 0.25) is 0 Å². The lowest BCUT2D eigenvalue weighted by Crippen LogP contribution is -2.20. The van der Waals surface area contributed by atoms with Crippen LogP contribution in [0.15, 0.2) is 10.9 Å². The van der Waals surface area contributed by atoms with Gasteiger partial charge in [0.1, 0.15) is 12.4 Å². The van der Waals surface area contributed by atoms with Crippen molar-refractivity contribution in [3.05, 3.63) is 12.2 Å². The first-order valence-corrected chi connectivity index (χ1v) is 4.31. The lowest BCUT2D eigenvalue weighted by Gasteiger charge is -2.04. The van der Waals surface area contributed by atoms with Crippen molar-refractivity contribution in [2.24, 2.45) is 0 Å². The predicted octanol–water partition coefficient (Wildman–Crippen LogP) is 0.0232. The molecule has 2 rings (SSSR count). The summed E-state index contributed by atoms with van der Waals surface area (Å²) in [6, 6.07) is 0. The van der Waals surface area contributed by atoms with E-state index in [0.717, 1.165) is 0 Å². The molecule has 9 heteroatoms. The summed E-state index contributed by atoms with van der Waals surface area (Å²) in [4.78, 5) is 7.52. The van der Waals surface area contributed by atoms with Crippen molar-refractivity contribution < 1.29 is 18.4 Å². The molecule has 0 fully saturated rings. The summed E-state index contributed by atoms with van der Waals surface area (Å²) >= 11 is 0. The Morgan fingerprint density at radius 1 is 1.50 bits per heavy atom. The topological polar surface area (TPSA) is 101 Å². The molecule has 1 atom stereocenters. The van der Waals surface area contributed by atoms with E-state index in [9.17, 15) is 8.78 Å². The second-order valence-electron chi connectivity index (χ2n) is 2.95. The van der Waals surface area contributed by atoms with E-state index in [-0.39, 0.29) is 17.5 Å². The number of alkyl halides is 2. The number of nitrogens with one attached hydrogen (secondary N) is 1. The summed E-state index contributed by atoms with van der Waals surface area (Å²) in [7, 11) is 0. The SMILES string of the molecule is OC(Cc1nc(-c2ncn[nH]2)no1)C(F)F. The first kappa shape index (κ1) is 10.6. The molecule has 0 bridgehead atoms. The first-order chi connectivity index (χ1) is 7.66. The molecule has 0 amide bonds. The van der Waals surface area contributed by atoms with Gasteiger partial charge < -0.3 is 9.63 Å². The molecule has 2 N–H and O–H groups in total. The number of aromatic amines is 1. The number of hydrogen-bond acceptors (Lipinski definition) is 6. The highest BCUT2D eigenvalue weighted by Gasteiger charge is 2.21. The third-order valence-corrected chi connectivity index (χ3v) is 1.77. The van der Waals surface area contributed by atoms with Gasteiger partial charge in [0.2, 0.25) is 11.7 Å². The van der Waals surface area contributed by atoms with Gasteiger partial charge >= 0.3 is 0 Å². The molecule has 2 heterocycles. The van der Waals surface area contributed by atoms with Crippen molar-refractivity contribution in [2.75, 3.05) is 0 Å². The van der Waals surface area contributed by atoms with Crippen LogP contribution in [-0.2, 0) is 6.42 Å². The second kappa shape index (κ2) is 4.31.